The zero-order chi connectivity index (χ0) is 15.1. The second kappa shape index (κ2) is 8.88. The Morgan fingerprint density at radius 2 is 1.76 bits per heavy atom. The van der Waals surface area contributed by atoms with Crippen molar-refractivity contribution in [3.8, 4) is 0 Å². The molecule has 1 aromatic carbocycles. The molecule has 0 amide bonds. The Hall–Kier alpha value is -0.430. The van der Waals surface area contributed by atoms with Crippen molar-refractivity contribution in [2.45, 2.75) is 52.4 Å². The molecule has 2 rings (SSSR count). The van der Waals surface area contributed by atoms with Gasteiger partial charge in [-0.1, -0.05) is 76.3 Å². The van der Waals surface area contributed by atoms with Gasteiger partial charge in [-0.15, -0.1) is 0 Å². The molecule has 0 spiro atoms. The van der Waals surface area contributed by atoms with Crippen LogP contribution in [0.4, 0.5) is 0 Å². The summed E-state index contributed by atoms with van der Waals surface area (Å²) < 4.78 is 0. The first-order chi connectivity index (χ1) is 10.2. The minimum Gasteiger partial charge on any atom is -0.165 e. The molecule has 0 heterocycles. The van der Waals surface area contributed by atoms with Crippen LogP contribution in [0.5, 0.6) is 0 Å². The highest BCUT2D eigenvalue weighted by molar-refractivity contribution is 7.98. The first-order valence-corrected chi connectivity index (χ1v) is 9.99. The minimum atomic E-state index is 0.777. The van der Waals surface area contributed by atoms with Crippen LogP contribution in [0.25, 0.3) is 0 Å². The lowest BCUT2D eigenvalue weighted by atomic mass is 9.68. The van der Waals surface area contributed by atoms with Crippen LogP contribution in [0.1, 0.15) is 51.5 Å². The molecule has 1 fully saturated rings. The third kappa shape index (κ3) is 5.06. The van der Waals surface area contributed by atoms with Gasteiger partial charge >= 0.3 is 0 Å². The maximum atomic E-state index is 2.44. The summed E-state index contributed by atoms with van der Waals surface area (Å²) in [5.74, 6) is 5.55. The van der Waals surface area contributed by atoms with Gasteiger partial charge in [0.05, 0.1) is 0 Å². The van der Waals surface area contributed by atoms with E-state index in [1.165, 1.54) is 49.8 Å². The Bertz CT molecular complexity index is 378. The smallest absolute Gasteiger partial charge is 0.000168 e. The predicted molar refractivity (Wildman–Crippen MR) is 96.7 cm³/mol. The van der Waals surface area contributed by atoms with Gasteiger partial charge in [0.25, 0.3) is 0 Å². The predicted octanol–water partition coefficient (Wildman–Crippen LogP) is 6.02. The first kappa shape index (κ1) is 16.9. The topological polar surface area (TPSA) is 0 Å². The van der Waals surface area contributed by atoms with Crippen LogP contribution < -0.4 is 0 Å². The van der Waals surface area contributed by atoms with E-state index in [0.717, 1.165) is 17.8 Å². The van der Waals surface area contributed by atoms with Crippen molar-refractivity contribution in [1.29, 1.82) is 0 Å². The SMILES string of the molecule is CSC[C](Cc1ccccc1)C(C(C)C)C1CCCCC1. The molecule has 1 saturated carbocycles. The van der Waals surface area contributed by atoms with Gasteiger partial charge in [0, 0.05) is 0 Å². The van der Waals surface area contributed by atoms with Crippen molar-refractivity contribution in [2.75, 3.05) is 12.0 Å². The van der Waals surface area contributed by atoms with Gasteiger partial charge in [0.2, 0.25) is 0 Å². The number of benzene rings is 1. The molecule has 0 saturated heterocycles. The van der Waals surface area contributed by atoms with Gasteiger partial charge in [-0.05, 0) is 47.7 Å². The van der Waals surface area contributed by atoms with Crippen LogP contribution in [0.3, 0.4) is 0 Å². The highest BCUT2D eigenvalue weighted by Crippen LogP contribution is 2.41. The Morgan fingerprint density at radius 1 is 1.10 bits per heavy atom. The number of thioether (sulfide) groups is 1. The molecule has 0 nitrogen and oxygen atoms in total. The third-order valence-electron chi connectivity index (χ3n) is 4.95. The third-order valence-corrected chi connectivity index (χ3v) is 5.61. The normalized spacial score (nSPS) is 18.3. The van der Waals surface area contributed by atoms with Gasteiger partial charge in [0.1, 0.15) is 0 Å². The second-order valence-electron chi connectivity index (χ2n) is 6.92. The van der Waals surface area contributed by atoms with E-state index in [2.05, 4.69) is 50.4 Å². The Morgan fingerprint density at radius 3 is 2.33 bits per heavy atom. The summed E-state index contributed by atoms with van der Waals surface area (Å²) in [5, 5.41) is 0. The molecule has 1 aromatic rings. The Labute approximate surface area is 136 Å². The molecule has 0 aromatic heterocycles. The largest absolute Gasteiger partial charge is 0.165 e. The van der Waals surface area contributed by atoms with Crippen LogP contribution >= 0.6 is 11.8 Å². The van der Waals surface area contributed by atoms with Crippen LogP contribution in [0.15, 0.2) is 30.3 Å². The van der Waals surface area contributed by atoms with E-state index in [9.17, 15) is 0 Å². The van der Waals surface area contributed by atoms with E-state index in [4.69, 9.17) is 0 Å². The van der Waals surface area contributed by atoms with Crippen LogP contribution in [-0.2, 0) is 6.42 Å². The van der Waals surface area contributed by atoms with E-state index in [1.807, 2.05) is 11.8 Å². The van der Waals surface area contributed by atoms with Crippen molar-refractivity contribution in [2.24, 2.45) is 17.8 Å². The van der Waals surface area contributed by atoms with Crippen molar-refractivity contribution >= 4 is 11.8 Å². The minimum absolute atomic E-state index is 0.777. The van der Waals surface area contributed by atoms with E-state index >= 15 is 0 Å². The zero-order valence-electron chi connectivity index (χ0n) is 14.0. The fraction of sp³-hybridized carbons (Fsp3) is 0.650. The second-order valence-corrected chi connectivity index (χ2v) is 7.79. The molecule has 117 valence electrons. The first-order valence-electron chi connectivity index (χ1n) is 8.59. The summed E-state index contributed by atoms with van der Waals surface area (Å²) in [6.07, 6.45) is 10.7. The van der Waals surface area contributed by atoms with E-state index in [1.54, 1.807) is 5.92 Å². The van der Waals surface area contributed by atoms with Gasteiger partial charge < -0.3 is 0 Å². The van der Waals surface area contributed by atoms with Gasteiger partial charge in [-0.2, -0.15) is 11.8 Å². The van der Waals surface area contributed by atoms with E-state index in [-0.39, 0.29) is 0 Å². The fourth-order valence-electron chi connectivity index (χ4n) is 4.15. The molecule has 21 heavy (non-hydrogen) atoms. The lowest BCUT2D eigenvalue weighted by Gasteiger charge is -2.38. The quantitative estimate of drug-likeness (QED) is 0.593. The summed E-state index contributed by atoms with van der Waals surface area (Å²) >= 11 is 2.00. The van der Waals surface area contributed by atoms with Crippen molar-refractivity contribution in [3.63, 3.8) is 0 Å². The summed E-state index contributed by atoms with van der Waals surface area (Å²) in [7, 11) is 0. The van der Waals surface area contributed by atoms with Gasteiger partial charge in [-0.25, -0.2) is 0 Å². The molecular weight excluding hydrogens is 272 g/mol. The van der Waals surface area contributed by atoms with Gasteiger partial charge in [0.15, 0.2) is 0 Å². The van der Waals surface area contributed by atoms with Crippen molar-refractivity contribution < 1.29 is 0 Å². The average Bonchev–Trinajstić information content (AvgIpc) is 2.49. The maximum Gasteiger partial charge on any atom is -0.000168 e. The Kier molecular flexibility index (Phi) is 7.16. The molecule has 0 bridgehead atoms. The number of hydrogen-bond donors (Lipinski definition) is 0. The van der Waals surface area contributed by atoms with E-state index < -0.39 is 0 Å². The van der Waals surface area contributed by atoms with Crippen LogP contribution in [-0.4, -0.2) is 12.0 Å². The summed E-state index contributed by atoms with van der Waals surface area (Å²) in [4.78, 5) is 0. The molecule has 1 aliphatic rings. The molecule has 1 aliphatic carbocycles. The lowest BCUT2D eigenvalue weighted by Crippen LogP contribution is -2.31. The molecule has 0 N–H and O–H groups in total. The number of rotatable bonds is 7. The monoisotopic (exact) mass is 303 g/mol. The number of hydrogen-bond acceptors (Lipinski definition) is 1. The highest BCUT2D eigenvalue weighted by atomic mass is 32.2. The maximum absolute atomic E-state index is 2.44. The zero-order valence-corrected chi connectivity index (χ0v) is 14.8. The van der Waals surface area contributed by atoms with Crippen LogP contribution in [0.2, 0.25) is 0 Å². The van der Waals surface area contributed by atoms with Crippen LogP contribution in [0, 0.1) is 23.7 Å². The fourth-order valence-corrected chi connectivity index (χ4v) is 4.82. The van der Waals surface area contributed by atoms with Crippen molar-refractivity contribution in [1.82, 2.24) is 0 Å². The standard InChI is InChI=1S/C20H31S/c1-16(2)20(18-12-8-5-9-13-18)19(15-21-3)14-17-10-6-4-7-11-17/h4,6-7,10-11,16,18,20H,5,8-9,12-15H2,1-3H3. The summed E-state index contributed by atoms with van der Waals surface area (Å²) in [5.41, 5.74) is 1.49. The lowest BCUT2D eigenvalue weighted by molar-refractivity contribution is 0.205. The molecule has 1 unspecified atom stereocenters. The highest BCUT2D eigenvalue weighted by Gasteiger charge is 2.32. The van der Waals surface area contributed by atoms with Crippen molar-refractivity contribution in [3.05, 3.63) is 41.8 Å². The molecule has 1 atom stereocenters. The van der Waals surface area contributed by atoms with Gasteiger partial charge in [-0.3, -0.25) is 0 Å². The Balaban J connectivity index is 2.11. The molecule has 1 heteroatoms. The molecule has 1 radical (unpaired) electrons. The molecule has 0 aliphatic heterocycles. The molecular formula is C20H31S. The average molecular weight is 304 g/mol. The van der Waals surface area contributed by atoms with E-state index in [0.29, 0.717) is 0 Å². The summed E-state index contributed by atoms with van der Waals surface area (Å²) in [6, 6.07) is 11.1. The summed E-state index contributed by atoms with van der Waals surface area (Å²) in [6.45, 7) is 4.87.